The maximum absolute atomic E-state index is 6.58. The van der Waals surface area contributed by atoms with Crippen molar-refractivity contribution in [3.8, 4) is 22.8 Å². The van der Waals surface area contributed by atoms with Crippen LogP contribution in [0.5, 0.6) is 11.5 Å². The van der Waals surface area contributed by atoms with Crippen LogP contribution in [0.1, 0.15) is 36.5 Å². The third-order valence-corrected chi connectivity index (χ3v) is 6.72. The Kier molecular flexibility index (Phi) is 3.23. The Morgan fingerprint density at radius 1 is 1.08 bits per heavy atom. The van der Waals surface area contributed by atoms with Crippen molar-refractivity contribution < 1.29 is 9.30 Å². The van der Waals surface area contributed by atoms with Crippen molar-refractivity contribution in [2.24, 2.45) is 7.05 Å². The second kappa shape index (κ2) is 5.31. The summed E-state index contributed by atoms with van der Waals surface area (Å²) in [6, 6.07) is 8.96. The van der Waals surface area contributed by atoms with Crippen molar-refractivity contribution >= 4 is 32.2 Å². The van der Waals surface area contributed by atoms with Crippen LogP contribution >= 0.6 is 11.3 Å². The van der Waals surface area contributed by atoms with Crippen LogP contribution in [-0.4, -0.2) is 0 Å². The van der Waals surface area contributed by atoms with Gasteiger partial charge in [0.05, 0.1) is 10.9 Å². The van der Waals surface area contributed by atoms with E-state index in [1.807, 2.05) is 11.3 Å². The summed E-state index contributed by atoms with van der Waals surface area (Å²) in [5.74, 6) is 2.48. The van der Waals surface area contributed by atoms with Gasteiger partial charge in [0.25, 0.3) is 0 Å². The molecule has 130 valence electrons. The molecule has 0 amide bonds. The van der Waals surface area contributed by atoms with Gasteiger partial charge >= 0.3 is 0 Å². The molecule has 4 aromatic rings. The zero-order valence-corrected chi connectivity index (χ0v) is 16.6. The highest BCUT2D eigenvalue weighted by Crippen LogP contribution is 2.51. The molecule has 0 atom stereocenters. The monoisotopic (exact) mass is 360 g/mol. The first-order chi connectivity index (χ1) is 12.5. The highest BCUT2D eigenvalue weighted by molar-refractivity contribution is 7.17. The molecule has 2 aromatic heterocycles. The summed E-state index contributed by atoms with van der Waals surface area (Å²) >= 11 is 1.82. The number of benzene rings is 2. The number of hydrogen-bond acceptors (Lipinski definition) is 2. The van der Waals surface area contributed by atoms with Crippen LogP contribution in [0.4, 0.5) is 0 Å². The second-order valence-corrected chi connectivity index (χ2v) is 8.55. The van der Waals surface area contributed by atoms with Crippen LogP contribution in [0, 0.1) is 13.8 Å². The Hall–Kier alpha value is -2.39. The summed E-state index contributed by atoms with van der Waals surface area (Å²) in [6.07, 6.45) is 2.17. The van der Waals surface area contributed by atoms with Crippen molar-refractivity contribution in [2.45, 2.75) is 33.6 Å². The van der Waals surface area contributed by atoms with Gasteiger partial charge in [-0.25, -0.2) is 4.57 Å². The Labute approximate surface area is 157 Å². The van der Waals surface area contributed by atoms with E-state index in [1.54, 1.807) is 0 Å². The number of fused-ring (bicyclic) bond motifs is 3. The van der Waals surface area contributed by atoms with Gasteiger partial charge in [0.15, 0.2) is 6.20 Å². The summed E-state index contributed by atoms with van der Waals surface area (Å²) in [6.45, 7) is 8.88. The average molecular weight is 361 g/mol. The lowest BCUT2D eigenvalue weighted by molar-refractivity contribution is -0.659. The van der Waals surface area contributed by atoms with Crippen LogP contribution in [0.2, 0.25) is 0 Å². The predicted octanol–water partition coefficient (Wildman–Crippen LogP) is 6.39. The van der Waals surface area contributed by atoms with E-state index in [4.69, 9.17) is 4.74 Å². The molecule has 1 aliphatic rings. The lowest BCUT2D eigenvalue weighted by Gasteiger charge is -2.24. The fourth-order valence-electron chi connectivity index (χ4n) is 4.21. The third-order valence-electron chi connectivity index (χ3n) is 5.69. The molecule has 0 spiro atoms. The molecule has 0 aliphatic carbocycles. The van der Waals surface area contributed by atoms with Crippen LogP contribution in [0.25, 0.3) is 32.1 Å². The first kappa shape index (κ1) is 15.8. The highest BCUT2D eigenvalue weighted by atomic mass is 32.1. The first-order valence-corrected chi connectivity index (χ1v) is 10.00. The van der Waals surface area contributed by atoms with Gasteiger partial charge in [-0.2, -0.15) is 0 Å². The van der Waals surface area contributed by atoms with Gasteiger partial charge in [-0.3, -0.25) is 0 Å². The molecule has 0 radical (unpaired) electrons. The second-order valence-electron chi connectivity index (χ2n) is 7.63. The summed E-state index contributed by atoms with van der Waals surface area (Å²) in [5.41, 5.74) is 6.39. The lowest BCUT2D eigenvalue weighted by Crippen LogP contribution is -2.32. The van der Waals surface area contributed by atoms with E-state index >= 15 is 0 Å². The largest absolute Gasteiger partial charge is 0.455 e. The van der Waals surface area contributed by atoms with E-state index < -0.39 is 0 Å². The molecule has 0 unspecified atom stereocenters. The smallest absolute Gasteiger partial charge is 0.228 e. The van der Waals surface area contributed by atoms with E-state index in [2.05, 4.69) is 75.2 Å². The summed E-state index contributed by atoms with van der Waals surface area (Å²) in [7, 11) is 2.14. The number of rotatable bonds is 1. The topological polar surface area (TPSA) is 13.1 Å². The Morgan fingerprint density at radius 3 is 2.65 bits per heavy atom. The summed E-state index contributed by atoms with van der Waals surface area (Å²) in [4.78, 5) is 0. The van der Waals surface area contributed by atoms with Crippen molar-refractivity contribution in [3.05, 3.63) is 52.5 Å². The minimum Gasteiger partial charge on any atom is -0.455 e. The Balaban J connectivity index is 1.99. The van der Waals surface area contributed by atoms with E-state index in [1.165, 1.54) is 48.8 Å². The van der Waals surface area contributed by atoms with Crippen molar-refractivity contribution in [1.82, 2.24) is 0 Å². The molecule has 26 heavy (non-hydrogen) atoms. The molecule has 2 nitrogen and oxygen atoms in total. The zero-order valence-electron chi connectivity index (χ0n) is 15.8. The lowest BCUT2D eigenvalue weighted by atomic mass is 9.90. The molecule has 2 aromatic carbocycles. The Morgan fingerprint density at radius 2 is 1.88 bits per heavy atom. The van der Waals surface area contributed by atoms with Crippen molar-refractivity contribution in [3.63, 3.8) is 0 Å². The molecule has 1 aliphatic heterocycles. The first-order valence-electron chi connectivity index (χ1n) is 9.12. The molecule has 0 bridgehead atoms. The predicted molar refractivity (Wildman–Crippen MR) is 110 cm³/mol. The van der Waals surface area contributed by atoms with Gasteiger partial charge < -0.3 is 4.74 Å². The molecule has 3 heteroatoms. The minimum atomic E-state index is 0.472. The molecule has 0 saturated carbocycles. The average Bonchev–Trinajstić information content (AvgIpc) is 3.11. The van der Waals surface area contributed by atoms with Gasteiger partial charge in [0.2, 0.25) is 5.69 Å². The fourth-order valence-corrected chi connectivity index (χ4v) is 5.18. The molecule has 5 rings (SSSR count). The highest BCUT2D eigenvalue weighted by Gasteiger charge is 2.32. The number of nitrogens with zero attached hydrogens (tertiary/aromatic N) is 1. The minimum absolute atomic E-state index is 0.472. The molecule has 0 N–H and O–H groups in total. The van der Waals surface area contributed by atoms with Gasteiger partial charge in [0.1, 0.15) is 18.5 Å². The maximum Gasteiger partial charge on any atom is 0.228 e. The number of aromatic nitrogens is 1. The number of thiophene rings is 1. The molecule has 0 saturated heterocycles. The maximum atomic E-state index is 6.58. The SMILES string of the molecule is Cc1c2c(c(C)c3sccc13)-c1c3c(cc(C(C)C)cc3cc[n+]1C)O2. The quantitative estimate of drug-likeness (QED) is 0.316. The normalized spacial score (nSPS) is 12.7. The standard InChI is InChI=1S/C23H22NOS/c1-12(2)16-10-15-6-8-24(5)21-19-14(4)23-17(7-9-26-23)13(3)22(19)25-18(11-16)20(15)21/h6-12H,1-5H3/q+1. The summed E-state index contributed by atoms with van der Waals surface area (Å²) in [5, 5.41) is 5.98. The number of pyridine rings is 1. The van der Waals surface area contributed by atoms with E-state index in [9.17, 15) is 0 Å². The van der Waals surface area contributed by atoms with Crippen LogP contribution in [0.15, 0.2) is 35.8 Å². The van der Waals surface area contributed by atoms with Gasteiger partial charge in [-0.05, 0) is 59.2 Å². The molecule has 3 heterocycles. The van der Waals surface area contributed by atoms with Gasteiger partial charge in [-0.15, -0.1) is 11.3 Å². The van der Waals surface area contributed by atoms with E-state index in [0.717, 1.165) is 11.5 Å². The van der Waals surface area contributed by atoms with Crippen LogP contribution in [-0.2, 0) is 7.05 Å². The Bertz CT molecular complexity index is 1220. The molecule has 0 fully saturated rings. The molecular weight excluding hydrogens is 338 g/mol. The van der Waals surface area contributed by atoms with Crippen LogP contribution < -0.4 is 9.30 Å². The fraction of sp³-hybridized carbons (Fsp3) is 0.261. The van der Waals surface area contributed by atoms with Gasteiger partial charge in [-0.1, -0.05) is 19.9 Å². The van der Waals surface area contributed by atoms with Crippen molar-refractivity contribution in [2.75, 3.05) is 0 Å². The number of hydrogen-bond donors (Lipinski definition) is 0. The van der Waals surface area contributed by atoms with E-state index in [0.29, 0.717) is 5.92 Å². The number of aryl methyl sites for hydroxylation is 3. The van der Waals surface area contributed by atoms with E-state index in [-0.39, 0.29) is 0 Å². The zero-order chi connectivity index (χ0) is 18.2. The van der Waals surface area contributed by atoms with Crippen LogP contribution in [0.3, 0.4) is 0 Å². The van der Waals surface area contributed by atoms with Crippen molar-refractivity contribution in [1.29, 1.82) is 0 Å². The number of ether oxygens (including phenoxy) is 1. The molecular formula is C23H22NOS+. The van der Waals surface area contributed by atoms with Gasteiger partial charge in [0, 0.05) is 16.3 Å². The third kappa shape index (κ3) is 1.95. The summed E-state index contributed by atoms with van der Waals surface area (Å²) < 4.78 is 10.2.